The predicted octanol–water partition coefficient (Wildman–Crippen LogP) is -1.16. The molecule has 3 aromatic carbocycles. The molecule has 0 N–H and O–H groups in total. The monoisotopic (exact) mass is 549 g/mol. The van der Waals surface area contributed by atoms with Gasteiger partial charge in [-0.1, -0.05) is 0 Å². The summed E-state index contributed by atoms with van der Waals surface area (Å²) in [6, 6.07) is 31.4. The van der Waals surface area contributed by atoms with Crippen LogP contribution in [0.15, 0.2) is 91.0 Å². The molecule has 3 nitrogen and oxygen atoms in total. The van der Waals surface area contributed by atoms with Crippen LogP contribution in [0.2, 0.25) is 0 Å². The Hall–Kier alpha value is -1.77. The summed E-state index contributed by atoms with van der Waals surface area (Å²) in [5, 5.41) is 0. The molecule has 0 radical (unpaired) electrons. The summed E-state index contributed by atoms with van der Waals surface area (Å²) in [6.45, 7) is 0. The fraction of sp³-hybridized carbons (Fsp3) is 0. The second-order valence-corrected chi connectivity index (χ2v) is 12.0. The first-order chi connectivity index (χ1) is 13.3. The zero-order chi connectivity index (χ0) is 18.3. The van der Waals surface area contributed by atoms with Gasteiger partial charge in [-0.3, -0.25) is 0 Å². The number of rotatable bonds is 6. The third-order valence-corrected chi connectivity index (χ3v) is 8.93. The van der Waals surface area contributed by atoms with Crippen LogP contribution < -0.4 is 27.6 Å². The topological polar surface area (TPSA) is 38.7 Å². The van der Waals surface area contributed by atoms with Crippen LogP contribution in [-0.2, 0) is 0 Å². The van der Waals surface area contributed by atoms with Gasteiger partial charge in [0.25, 0.3) is 0 Å². The molecule has 0 saturated carbocycles. The molecule has 132 valence electrons. The zero-order valence-corrected chi connectivity index (χ0v) is 19.4. The molecule has 6 heteroatoms. The number of benzene rings is 3. The van der Waals surface area contributed by atoms with Crippen molar-refractivity contribution >= 4 is 72.4 Å². The second-order valence-electron chi connectivity index (χ2n) is 5.43. The Morgan fingerprint density at radius 2 is 0.630 bits per heavy atom. The summed E-state index contributed by atoms with van der Waals surface area (Å²) in [5.74, 6) is 0. The van der Waals surface area contributed by atoms with Crippen LogP contribution in [0.1, 0.15) is 0 Å². The molecule has 0 amide bonds. The van der Waals surface area contributed by atoms with Crippen molar-refractivity contribution in [3.8, 4) is 0 Å². The molecule has 0 aliphatic heterocycles. The number of aromatic nitrogens is 3. The van der Waals surface area contributed by atoms with Crippen molar-refractivity contribution in [2.45, 2.75) is 0 Å². The van der Waals surface area contributed by atoms with Gasteiger partial charge in [-0.25, -0.2) is 0 Å². The van der Waals surface area contributed by atoms with Crippen molar-refractivity contribution in [1.82, 2.24) is 15.0 Å². The van der Waals surface area contributed by atoms with E-state index in [1.807, 2.05) is 18.2 Å². The normalized spacial score (nSPS) is 10.7. The molecule has 0 bridgehead atoms. The quantitative estimate of drug-likeness (QED) is 0.287. The van der Waals surface area contributed by atoms with E-state index < -0.39 is 0 Å². The van der Waals surface area contributed by atoms with Crippen molar-refractivity contribution in [1.29, 1.82) is 0 Å². The molecule has 1 heterocycles. The Labute approximate surface area is 177 Å². The van der Waals surface area contributed by atoms with Crippen molar-refractivity contribution in [2.24, 2.45) is 0 Å². The van der Waals surface area contributed by atoms with Gasteiger partial charge in [0.1, 0.15) is 0 Å². The maximum atomic E-state index is 4.81. The summed E-state index contributed by atoms with van der Waals surface area (Å²) >= 11 is 0.272. The van der Waals surface area contributed by atoms with Gasteiger partial charge in [0.05, 0.1) is 0 Å². The average molecular weight is 546 g/mol. The summed E-state index contributed by atoms with van der Waals surface area (Å²) in [5.41, 5.74) is 0. The van der Waals surface area contributed by atoms with E-state index in [0.717, 1.165) is 14.2 Å². The molecule has 0 atom stereocenters. The van der Waals surface area contributed by atoms with E-state index in [1.165, 1.54) is 13.4 Å². The third kappa shape index (κ3) is 5.60. The fourth-order valence-electron chi connectivity index (χ4n) is 2.24. The molecule has 0 unspecified atom stereocenters. The van der Waals surface area contributed by atoms with E-state index in [9.17, 15) is 0 Å². The van der Waals surface area contributed by atoms with Gasteiger partial charge in [0.15, 0.2) is 0 Å². The second kappa shape index (κ2) is 9.43. The van der Waals surface area contributed by atoms with Crippen molar-refractivity contribution in [3.63, 3.8) is 0 Å². The molecule has 0 fully saturated rings. The Kier molecular flexibility index (Phi) is 6.49. The predicted molar refractivity (Wildman–Crippen MR) is 114 cm³/mol. The van der Waals surface area contributed by atoms with Crippen LogP contribution in [-0.4, -0.2) is 59.8 Å². The summed E-state index contributed by atoms with van der Waals surface area (Å²) in [7, 11) is 0. The Bertz CT molecular complexity index is 852. The summed E-state index contributed by atoms with van der Waals surface area (Å²) in [4.78, 5) is 14.4. The molecule has 0 spiro atoms. The SMILES string of the molecule is c1ccc([Se]c2nc([Se]c3ccccc3)nc([Se]c3ccccc3)n2)cc1. The van der Waals surface area contributed by atoms with Crippen LogP contribution >= 0.6 is 0 Å². The van der Waals surface area contributed by atoms with Gasteiger partial charge in [-0.2, -0.15) is 0 Å². The molecule has 1 aromatic heterocycles. The first-order valence-corrected chi connectivity index (χ1v) is 13.4. The minimum absolute atomic E-state index is 0.0905. The van der Waals surface area contributed by atoms with Crippen LogP contribution in [0.5, 0.6) is 0 Å². The van der Waals surface area contributed by atoms with Gasteiger partial charge >= 0.3 is 178 Å². The van der Waals surface area contributed by atoms with Crippen molar-refractivity contribution in [3.05, 3.63) is 91.0 Å². The van der Waals surface area contributed by atoms with Crippen LogP contribution in [0.3, 0.4) is 0 Å². The first kappa shape index (κ1) is 18.6. The standard InChI is InChI=1S/C21H15N3Se3/c1-4-10-16(11-5-1)25-19-22-20(26-17-12-6-2-7-13-17)24-21(23-19)27-18-14-8-3-9-15-18/h1-15H. The van der Waals surface area contributed by atoms with Gasteiger partial charge in [0, 0.05) is 0 Å². The molecular formula is C21H15N3Se3. The maximum absolute atomic E-state index is 4.81. The molecule has 0 saturated heterocycles. The zero-order valence-electron chi connectivity index (χ0n) is 14.2. The Balaban J connectivity index is 1.64. The van der Waals surface area contributed by atoms with E-state index in [2.05, 4.69) is 72.8 Å². The van der Waals surface area contributed by atoms with Crippen LogP contribution in [0.4, 0.5) is 0 Å². The van der Waals surface area contributed by atoms with E-state index in [1.54, 1.807) is 0 Å². The van der Waals surface area contributed by atoms with E-state index in [-0.39, 0.29) is 44.9 Å². The van der Waals surface area contributed by atoms with Crippen LogP contribution in [0.25, 0.3) is 0 Å². The Morgan fingerprint density at radius 1 is 0.370 bits per heavy atom. The summed E-state index contributed by atoms with van der Waals surface area (Å²) < 4.78 is 6.62. The third-order valence-electron chi connectivity index (χ3n) is 3.43. The molecule has 4 rings (SSSR count). The molecule has 4 aromatic rings. The van der Waals surface area contributed by atoms with Gasteiger partial charge in [0.2, 0.25) is 0 Å². The van der Waals surface area contributed by atoms with Crippen molar-refractivity contribution < 1.29 is 0 Å². The number of nitrogens with zero attached hydrogens (tertiary/aromatic N) is 3. The van der Waals surface area contributed by atoms with E-state index in [4.69, 9.17) is 15.0 Å². The van der Waals surface area contributed by atoms with E-state index in [0.29, 0.717) is 0 Å². The van der Waals surface area contributed by atoms with Crippen LogP contribution in [0, 0.1) is 0 Å². The molecule has 0 aliphatic rings. The summed E-state index contributed by atoms with van der Waals surface area (Å²) in [6.07, 6.45) is 0. The number of hydrogen-bond acceptors (Lipinski definition) is 3. The average Bonchev–Trinajstić information content (AvgIpc) is 2.70. The van der Waals surface area contributed by atoms with Crippen molar-refractivity contribution in [2.75, 3.05) is 0 Å². The number of hydrogen-bond donors (Lipinski definition) is 0. The molecule has 0 aliphatic carbocycles. The molecular weight excluding hydrogens is 531 g/mol. The first-order valence-electron chi connectivity index (χ1n) is 8.30. The van der Waals surface area contributed by atoms with Gasteiger partial charge in [-0.15, -0.1) is 0 Å². The minimum atomic E-state index is 0.0905. The fourth-order valence-corrected chi connectivity index (χ4v) is 7.95. The van der Waals surface area contributed by atoms with Gasteiger partial charge < -0.3 is 0 Å². The molecule has 27 heavy (non-hydrogen) atoms. The van der Waals surface area contributed by atoms with Gasteiger partial charge in [-0.05, 0) is 0 Å². The Morgan fingerprint density at radius 3 is 0.889 bits per heavy atom. The van der Waals surface area contributed by atoms with E-state index >= 15 is 0 Å².